The minimum absolute atomic E-state index is 0.366. The maximum absolute atomic E-state index is 11.7. The first-order chi connectivity index (χ1) is 10.3. The molecule has 7 heteroatoms. The van der Waals surface area contributed by atoms with Crippen molar-refractivity contribution >= 4 is 40.9 Å². The summed E-state index contributed by atoms with van der Waals surface area (Å²) in [5, 5.41) is 5.28. The summed E-state index contributed by atoms with van der Waals surface area (Å²) < 4.78 is 13.1. The summed E-state index contributed by atoms with van der Waals surface area (Å²) in [4.78, 5) is 11.7. The molecule has 0 bridgehead atoms. The van der Waals surface area contributed by atoms with Crippen molar-refractivity contribution in [2.75, 3.05) is 13.7 Å². The fourth-order valence-electron chi connectivity index (χ4n) is 2.00. The van der Waals surface area contributed by atoms with E-state index in [0.717, 1.165) is 28.0 Å². The van der Waals surface area contributed by atoms with Gasteiger partial charge >= 0.3 is 5.97 Å². The molecule has 0 fully saturated rings. The van der Waals surface area contributed by atoms with Gasteiger partial charge in [-0.15, -0.1) is 0 Å². The Morgan fingerprint density at radius 3 is 2.73 bits per heavy atom. The first-order valence-electron chi connectivity index (χ1n) is 7.13. The fourth-order valence-corrected chi connectivity index (χ4v) is 3.31. The molecule has 2 aromatic rings. The molecule has 0 aliphatic heterocycles. The molecule has 0 aliphatic rings. The SMILES string of the molecule is COC(=O)c1cc(Br)c2cnn(COCC[Si](C)(C)C)c2c1. The van der Waals surface area contributed by atoms with Crippen LogP contribution in [0.2, 0.25) is 25.7 Å². The van der Waals surface area contributed by atoms with Gasteiger partial charge in [-0.3, -0.25) is 0 Å². The lowest BCUT2D eigenvalue weighted by Crippen LogP contribution is -2.22. The standard InChI is InChI=1S/C15H21BrN2O3Si/c1-20-15(19)11-7-13(16)12-9-17-18(14(12)8-11)10-21-5-6-22(2,3)4/h7-9H,5-6,10H2,1-4H3. The van der Waals surface area contributed by atoms with Gasteiger partial charge in [-0.25, -0.2) is 9.48 Å². The van der Waals surface area contributed by atoms with E-state index in [9.17, 15) is 4.79 Å². The first-order valence-corrected chi connectivity index (χ1v) is 11.6. The Labute approximate surface area is 139 Å². The number of fused-ring (bicyclic) bond motifs is 1. The molecular formula is C15H21BrN2O3Si. The van der Waals surface area contributed by atoms with Crippen LogP contribution in [0.15, 0.2) is 22.8 Å². The van der Waals surface area contributed by atoms with Gasteiger partial charge in [0.1, 0.15) is 6.73 Å². The highest BCUT2D eigenvalue weighted by Crippen LogP contribution is 2.26. The predicted molar refractivity (Wildman–Crippen MR) is 92.9 cm³/mol. The molecule has 1 heterocycles. The second kappa shape index (κ2) is 6.93. The average Bonchev–Trinajstić information content (AvgIpc) is 2.85. The number of nitrogens with zero attached hydrogens (tertiary/aromatic N) is 2. The van der Waals surface area contributed by atoms with Gasteiger partial charge in [0.25, 0.3) is 0 Å². The minimum atomic E-state index is -1.09. The number of hydrogen-bond donors (Lipinski definition) is 0. The fraction of sp³-hybridized carbons (Fsp3) is 0.467. The van der Waals surface area contributed by atoms with E-state index >= 15 is 0 Å². The van der Waals surface area contributed by atoms with E-state index in [2.05, 4.69) is 40.7 Å². The first kappa shape index (κ1) is 17.2. The second-order valence-electron chi connectivity index (χ2n) is 6.37. The lowest BCUT2D eigenvalue weighted by Gasteiger charge is -2.15. The van der Waals surface area contributed by atoms with Gasteiger partial charge in [-0.05, 0) is 18.2 Å². The van der Waals surface area contributed by atoms with E-state index in [4.69, 9.17) is 9.47 Å². The number of carbonyl (C=O) groups is 1. The highest BCUT2D eigenvalue weighted by atomic mass is 79.9. The number of halogens is 1. The van der Waals surface area contributed by atoms with E-state index in [1.807, 2.05) is 0 Å². The van der Waals surface area contributed by atoms with Crippen LogP contribution in [0.3, 0.4) is 0 Å². The third-order valence-corrected chi connectivity index (χ3v) is 5.70. The van der Waals surface area contributed by atoms with Crippen molar-refractivity contribution in [2.24, 2.45) is 0 Å². The average molecular weight is 385 g/mol. The maximum Gasteiger partial charge on any atom is 0.337 e. The normalized spacial score (nSPS) is 11.9. The van der Waals surface area contributed by atoms with Crippen LogP contribution in [0.25, 0.3) is 10.9 Å². The molecule has 0 unspecified atom stereocenters. The van der Waals surface area contributed by atoms with Crippen LogP contribution in [-0.4, -0.2) is 37.5 Å². The minimum Gasteiger partial charge on any atom is -0.465 e. The number of hydrogen-bond acceptors (Lipinski definition) is 4. The van der Waals surface area contributed by atoms with E-state index in [0.29, 0.717) is 12.3 Å². The molecule has 0 saturated carbocycles. The number of methoxy groups -OCH3 is 1. The van der Waals surface area contributed by atoms with Crippen LogP contribution < -0.4 is 0 Å². The molecule has 22 heavy (non-hydrogen) atoms. The molecule has 2 rings (SSSR count). The molecular weight excluding hydrogens is 364 g/mol. The third kappa shape index (κ3) is 4.18. The molecule has 0 saturated heterocycles. The summed E-state index contributed by atoms with van der Waals surface area (Å²) in [5.74, 6) is -0.366. The van der Waals surface area contributed by atoms with Crippen molar-refractivity contribution < 1.29 is 14.3 Å². The number of carbonyl (C=O) groups excluding carboxylic acids is 1. The van der Waals surface area contributed by atoms with E-state index in [-0.39, 0.29) is 5.97 Å². The maximum atomic E-state index is 11.7. The van der Waals surface area contributed by atoms with Gasteiger partial charge in [0, 0.05) is 24.5 Å². The Kier molecular flexibility index (Phi) is 5.41. The van der Waals surface area contributed by atoms with Gasteiger partial charge in [0.05, 0.1) is 24.4 Å². The number of aromatic nitrogens is 2. The highest BCUT2D eigenvalue weighted by Gasteiger charge is 2.14. The number of benzene rings is 1. The zero-order valence-corrected chi connectivity index (χ0v) is 15.9. The van der Waals surface area contributed by atoms with E-state index in [1.54, 1.807) is 23.0 Å². The monoisotopic (exact) mass is 384 g/mol. The van der Waals surface area contributed by atoms with Crippen LogP contribution in [0.5, 0.6) is 0 Å². The zero-order valence-electron chi connectivity index (χ0n) is 13.4. The molecule has 0 aliphatic carbocycles. The van der Waals surface area contributed by atoms with Crippen molar-refractivity contribution in [2.45, 2.75) is 32.4 Å². The van der Waals surface area contributed by atoms with Crippen LogP contribution >= 0.6 is 15.9 Å². The summed E-state index contributed by atoms with van der Waals surface area (Å²) in [7, 11) is 0.278. The molecule has 5 nitrogen and oxygen atoms in total. The molecule has 1 aromatic heterocycles. The van der Waals surface area contributed by atoms with Gasteiger partial charge in [-0.1, -0.05) is 35.6 Å². The molecule has 0 spiro atoms. The Hall–Kier alpha value is -1.18. The molecule has 0 radical (unpaired) electrons. The molecule has 0 atom stereocenters. The third-order valence-electron chi connectivity index (χ3n) is 3.34. The van der Waals surface area contributed by atoms with Crippen molar-refractivity contribution in [3.63, 3.8) is 0 Å². The smallest absolute Gasteiger partial charge is 0.337 e. The molecule has 0 N–H and O–H groups in total. The Morgan fingerprint density at radius 1 is 1.36 bits per heavy atom. The summed E-state index contributed by atoms with van der Waals surface area (Å²) in [6.45, 7) is 8.07. The summed E-state index contributed by atoms with van der Waals surface area (Å²) >= 11 is 3.47. The van der Waals surface area contributed by atoms with Gasteiger partial charge < -0.3 is 9.47 Å². The van der Waals surface area contributed by atoms with Crippen LogP contribution in [0.4, 0.5) is 0 Å². The van der Waals surface area contributed by atoms with Crippen LogP contribution in [0, 0.1) is 0 Å². The van der Waals surface area contributed by atoms with Crippen molar-refractivity contribution in [3.05, 3.63) is 28.4 Å². The lowest BCUT2D eigenvalue weighted by molar-refractivity contribution is 0.0600. The van der Waals surface area contributed by atoms with Crippen molar-refractivity contribution in [1.29, 1.82) is 0 Å². The van der Waals surface area contributed by atoms with E-state index in [1.165, 1.54) is 7.11 Å². The molecule has 120 valence electrons. The zero-order chi connectivity index (χ0) is 16.3. The van der Waals surface area contributed by atoms with Gasteiger partial charge in [-0.2, -0.15) is 5.10 Å². The summed E-state index contributed by atoms with van der Waals surface area (Å²) in [6, 6.07) is 4.64. The quantitative estimate of drug-likeness (QED) is 0.430. The Bertz CT molecular complexity index is 679. The highest BCUT2D eigenvalue weighted by molar-refractivity contribution is 9.10. The largest absolute Gasteiger partial charge is 0.465 e. The predicted octanol–water partition coefficient (Wildman–Crippen LogP) is 3.90. The van der Waals surface area contributed by atoms with Gasteiger partial charge in [0.15, 0.2) is 0 Å². The summed E-state index contributed by atoms with van der Waals surface area (Å²) in [5.41, 5.74) is 1.34. The Balaban J connectivity index is 2.17. The Morgan fingerprint density at radius 2 is 2.09 bits per heavy atom. The van der Waals surface area contributed by atoms with Gasteiger partial charge in [0.2, 0.25) is 0 Å². The summed E-state index contributed by atoms with van der Waals surface area (Å²) in [6.07, 6.45) is 1.77. The van der Waals surface area contributed by atoms with Crippen molar-refractivity contribution in [3.8, 4) is 0 Å². The van der Waals surface area contributed by atoms with Crippen molar-refractivity contribution in [1.82, 2.24) is 9.78 Å². The lowest BCUT2D eigenvalue weighted by atomic mass is 10.2. The number of rotatable bonds is 6. The van der Waals surface area contributed by atoms with Crippen LogP contribution in [0.1, 0.15) is 10.4 Å². The van der Waals surface area contributed by atoms with Crippen LogP contribution in [-0.2, 0) is 16.2 Å². The number of ether oxygens (including phenoxy) is 2. The second-order valence-corrected chi connectivity index (χ2v) is 12.9. The molecule has 0 amide bonds. The number of esters is 1. The van der Waals surface area contributed by atoms with E-state index < -0.39 is 8.07 Å². The topological polar surface area (TPSA) is 53.3 Å². The molecule has 1 aromatic carbocycles.